The van der Waals surface area contributed by atoms with Gasteiger partial charge in [0, 0.05) is 18.5 Å². The lowest BCUT2D eigenvalue weighted by atomic mass is 10.0. The van der Waals surface area contributed by atoms with Crippen molar-refractivity contribution in [3.63, 3.8) is 0 Å². The number of carbonyl (C=O) groups excluding carboxylic acids is 2. The van der Waals surface area contributed by atoms with Crippen molar-refractivity contribution in [2.45, 2.75) is 32.7 Å². The van der Waals surface area contributed by atoms with Gasteiger partial charge in [-0.15, -0.1) is 0 Å². The molecule has 0 saturated carbocycles. The molecule has 0 radical (unpaired) electrons. The number of hydrogen-bond donors (Lipinski definition) is 3. The van der Waals surface area contributed by atoms with Gasteiger partial charge in [-0.1, -0.05) is 13.8 Å². The summed E-state index contributed by atoms with van der Waals surface area (Å²) in [7, 11) is 0. The highest BCUT2D eigenvalue weighted by molar-refractivity contribution is 5.94. The van der Waals surface area contributed by atoms with Crippen molar-refractivity contribution in [1.29, 1.82) is 0 Å². The van der Waals surface area contributed by atoms with Gasteiger partial charge in [0.25, 0.3) is 5.91 Å². The van der Waals surface area contributed by atoms with Crippen molar-refractivity contribution in [1.82, 2.24) is 10.6 Å². The van der Waals surface area contributed by atoms with Gasteiger partial charge >= 0.3 is 5.97 Å². The molecule has 1 rings (SSSR count). The minimum absolute atomic E-state index is 0.111. The lowest BCUT2D eigenvalue weighted by molar-refractivity contribution is -0.143. The van der Waals surface area contributed by atoms with E-state index >= 15 is 0 Å². The first-order valence-electron chi connectivity index (χ1n) is 7.37. The third-order valence-electron chi connectivity index (χ3n) is 3.22. The maximum atomic E-state index is 12.7. The van der Waals surface area contributed by atoms with Crippen molar-refractivity contribution in [3.8, 4) is 0 Å². The fraction of sp³-hybridized carbons (Fsp3) is 0.438. The van der Waals surface area contributed by atoms with Crippen molar-refractivity contribution in [2.75, 3.05) is 6.54 Å². The van der Waals surface area contributed by atoms with Crippen LogP contribution in [0.1, 0.15) is 37.0 Å². The van der Waals surface area contributed by atoms with E-state index in [1.807, 2.05) is 0 Å². The Kier molecular flexibility index (Phi) is 7.18. The Morgan fingerprint density at radius 1 is 1.17 bits per heavy atom. The van der Waals surface area contributed by atoms with Crippen molar-refractivity contribution in [2.24, 2.45) is 5.92 Å². The van der Waals surface area contributed by atoms with Crippen LogP contribution in [0, 0.1) is 11.7 Å². The summed E-state index contributed by atoms with van der Waals surface area (Å²) in [6, 6.07) is 4.21. The number of halogens is 1. The molecule has 0 spiro atoms. The van der Waals surface area contributed by atoms with Crippen molar-refractivity contribution >= 4 is 17.8 Å². The second-order valence-corrected chi connectivity index (χ2v) is 5.49. The van der Waals surface area contributed by atoms with Gasteiger partial charge in [-0.05, 0) is 36.6 Å². The first-order valence-corrected chi connectivity index (χ1v) is 7.37. The maximum absolute atomic E-state index is 12.7. The Morgan fingerprint density at radius 2 is 1.78 bits per heavy atom. The van der Waals surface area contributed by atoms with E-state index in [2.05, 4.69) is 10.6 Å². The van der Waals surface area contributed by atoms with Gasteiger partial charge < -0.3 is 15.7 Å². The predicted molar refractivity (Wildman–Crippen MR) is 82.4 cm³/mol. The van der Waals surface area contributed by atoms with Crippen LogP contribution in [0.2, 0.25) is 0 Å². The van der Waals surface area contributed by atoms with E-state index in [4.69, 9.17) is 5.11 Å². The van der Waals surface area contributed by atoms with Crippen LogP contribution in [0.4, 0.5) is 4.39 Å². The number of nitrogens with one attached hydrogen (secondary N) is 2. The highest BCUT2D eigenvalue weighted by atomic mass is 19.1. The minimum atomic E-state index is -1.07. The first kappa shape index (κ1) is 18.6. The summed E-state index contributed by atoms with van der Waals surface area (Å²) in [6.45, 7) is 3.69. The lowest BCUT2D eigenvalue weighted by Gasteiger charge is -2.17. The molecule has 1 atom stereocenters. The van der Waals surface area contributed by atoms with Crippen LogP contribution in [0.15, 0.2) is 24.3 Å². The summed E-state index contributed by atoms with van der Waals surface area (Å²) < 4.78 is 12.7. The van der Waals surface area contributed by atoms with Gasteiger partial charge in [0.05, 0.1) is 0 Å². The number of carboxylic acid groups (broad SMARTS) is 1. The number of carboxylic acids is 1. The fourth-order valence-electron chi connectivity index (χ4n) is 1.91. The number of benzene rings is 1. The van der Waals surface area contributed by atoms with Crippen LogP contribution in [0.3, 0.4) is 0 Å². The molecule has 2 amide bonds. The van der Waals surface area contributed by atoms with Gasteiger partial charge in [0.1, 0.15) is 11.9 Å². The largest absolute Gasteiger partial charge is 0.480 e. The van der Waals surface area contributed by atoms with Gasteiger partial charge in [0.15, 0.2) is 0 Å². The first-order chi connectivity index (χ1) is 10.8. The minimum Gasteiger partial charge on any atom is -0.480 e. The Balaban J connectivity index is 2.31. The number of rotatable bonds is 8. The number of hydrogen-bond acceptors (Lipinski definition) is 3. The SMILES string of the molecule is CC(C)[C@@H](NC(=O)CCCNC(=O)c1ccc(F)cc1)C(=O)O. The lowest BCUT2D eigenvalue weighted by Crippen LogP contribution is -2.44. The molecular formula is C16H21FN2O4. The molecule has 0 aliphatic rings. The number of carbonyl (C=O) groups is 3. The average Bonchev–Trinajstić information content (AvgIpc) is 2.49. The summed E-state index contributed by atoms with van der Waals surface area (Å²) >= 11 is 0. The molecule has 3 N–H and O–H groups in total. The van der Waals surface area contributed by atoms with E-state index in [1.165, 1.54) is 24.3 Å². The zero-order chi connectivity index (χ0) is 17.4. The third kappa shape index (κ3) is 6.46. The highest BCUT2D eigenvalue weighted by Crippen LogP contribution is 2.04. The topological polar surface area (TPSA) is 95.5 Å². The molecular weight excluding hydrogens is 303 g/mol. The summed E-state index contributed by atoms with van der Waals surface area (Å²) in [5, 5.41) is 14.0. The molecule has 1 aromatic rings. The zero-order valence-corrected chi connectivity index (χ0v) is 13.1. The molecule has 1 aromatic carbocycles. The summed E-state index contributed by atoms with van der Waals surface area (Å²) in [5.74, 6) is -2.43. The maximum Gasteiger partial charge on any atom is 0.326 e. The Labute approximate surface area is 134 Å². The van der Waals surface area contributed by atoms with Crippen LogP contribution in [0.25, 0.3) is 0 Å². The second-order valence-electron chi connectivity index (χ2n) is 5.49. The smallest absolute Gasteiger partial charge is 0.326 e. The zero-order valence-electron chi connectivity index (χ0n) is 13.1. The van der Waals surface area contributed by atoms with Crippen LogP contribution >= 0.6 is 0 Å². The van der Waals surface area contributed by atoms with Gasteiger partial charge in [0.2, 0.25) is 5.91 Å². The molecule has 0 aliphatic heterocycles. The molecule has 6 nitrogen and oxygen atoms in total. The van der Waals surface area contributed by atoms with E-state index in [-0.39, 0.29) is 30.7 Å². The summed E-state index contributed by atoms with van der Waals surface area (Å²) in [5.41, 5.74) is 0.335. The molecule has 0 heterocycles. The van der Waals surface area contributed by atoms with Crippen LogP contribution in [-0.4, -0.2) is 35.5 Å². The highest BCUT2D eigenvalue weighted by Gasteiger charge is 2.22. The van der Waals surface area contributed by atoms with Crippen molar-refractivity contribution < 1.29 is 23.9 Å². The van der Waals surface area contributed by atoms with E-state index in [1.54, 1.807) is 13.8 Å². The van der Waals surface area contributed by atoms with Gasteiger partial charge in [-0.2, -0.15) is 0 Å². The second kappa shape index (κ2) is 8.87. The van der Waals surface area contributed by atoms with Gasteiger partial charge in [-0.25, -0.2) is 9.18 Å². The Hall–Kier alpha value is -2.44. The van der Waals surface area contributed by atoms with Crippen LogP contribution in [-0.2, 0) is 9.59 Å². The van der Waals surface area contributed by atoms with Crippen LogP contribution < -0.4 is 10.6 Å². The molecule has 0 saturated heterocycles. The Morgan fingerprint density at radius 3 is 2.30 bits per heavy atom. The molecule has 7 heteroatoms. The third-order valence-corrected chi connectivity index (χ3v) is 3.22. The molecule has 0 fully saturated rings. The van der Waals surface area contributed by atoms with E-state index in [0.717, 1.165) is 0 Å². The predicted octanol–water partition coefficient (Wildman–Crippen LogP) is 1.56. The summed E-state index contributed by atoms with van der Waals surface area (Å²) in [6.07, 6.45) is 0.489. The average molecular weight is 324 g/mol. The monoisotopic (exact) mass is 324 g/mol. The van der Waals surface area contributed by atoms with Gasteiger partial charge in [-0.3, -0.25) is 9.59 Å². The molecule has 0 aromatic heterocycles. The van der Waals surface area contributed by atoms with E-state index < -0.39 is 17.8 Å². The quantitative estimate of drug-likeness (QED) is 0.632. The van der Waals surface area contributed by atoms with Crippen LogP contribution in [0.5, 0.6) is 0 Å². The Bertz CT molecular complexity index is 558. The number of amides is 2. The van der Waals surface area contributed by atoms with E-state index in [0.29, 0.717) is 12.0 Å². The van der Waals surface area contributed by atoms with E-state index in [9.17, 15) is 18.8 Å². The van der Waals surface area contributed by atoms with Crippen molar-refractivity contribution in [3.05, 3.63) is 35.6 Å². The summed E-state index contributed by atoms with van der Waals surface area (Å²) in [4.78, 5) is 34.4. The molecule has 0 unspecified atom stereocenters. The molecule has 0 aliphatic carbocycles. The fourth-order valence-corrected chi connectivity index (χ4v) is 1.91. The standard InChI is InChI=1S/C16H21FN2O4/c1-10(2)14(16(22)23)19-13(20)4-3-9-18-15(21)11-5-7-12(17)8-6-11/h5-8,10,14H,3-4,9H2,1-2H3,(H,18,21)(H,19,20)(H,22,23)/t14-/m1/s1. The number of aliphatic carboxylic acids is 1. The molecule has 126 valence electrons. The molecule has 23 heavy (non-hydrogen) atoms. The molecule has 0 bridgehead atoms. The normalized spacial score (nSPS) is 11.8.